The molecule has 1 aliphatic rings. The molecule has 0 spiro atoms. The number of rotatable bonds is 3. The first-order chi connectivity index (χ1) is 9.81. The molecule has 0 unspecified atom stereocenters. The van der Waals surface area contributed by atoms with Crippen LogP contribution in [0.3, 0.4) is 0 Å². The largest absolute Gasteiger partial charge is 0.356 e. The van der Waals surface area contributed by atoms with E-state index in [0.717, 1.165) is 42.0 Å². The van der Waals surface area contributed by atoms with E-state index < -0.39 is 0 Å². The first-order valence-electron chi connectivity index (χ1n) is 7.41. The van der Waals surface area contributed by atoms with Gasteiger partial charge in [-0.05, 0) is 30.9 Å². The molecule has 1 fully saturated rings. The Morgan fingerprint density at radius 2 is 2.05 bits per heavy atom. The Morgan fingerprint density at radius 1 is 1.30 bits per heavy atom. The van der Waals surface area contributed by atoms with Crippen LogP contribution in [0, 0.1) is 5.92 Å². The minimum Gasteiger partial charge on any atom is -0.356 e. The summed E-state index contributed by atoms with van der Waals surface area (Å²) < 4.78 is 0. The third-order valence-corrected chi connectivity index (χ3v) is 4.35. The molecule has 3 heteroatoms. The van der Waals surface area contributed by atoms with Gasteiger partial charge in [0, 0.05) is 18.5 Å². The number of hydrogen-bond donors (Lipinski definition) is 0. The highest BCUT2D eigenvalue weighted by Crippen LogP contribution is 2.27. The molecule has 0 N–H and O–H groups in total. The normalized spacial score (nSPS) is 16.6. The number of hydrogen-bond acceptors (Lipinski definition) is 3. The van der Waals surface area contributed by atoms with Gasteiger partial charge in [0.2, 0.25) is 0 Å². The number of anilines is 1. The predicted octanol–water partition coefficient (Wildman–Crippen LogP) is 3.67. The lowest BCUT2D eigenvalue weighted by Gasteiger charge is -2.33. The maximum Gasteiger partial charge on any atom is 0.153 e. The molecule has 0 atom stereocenters. The van der Waals surface area contributed by atoms with E-state index in [0.29, 0.717) is 5.56 Å². The molecule has 1 aromatic carbocycles. The Kier molecular flexibility index (Phi) is 3.68. The molecule has 1 aliphatic heterocycles. The van der Waals surface area contributed by atoms with E-state index in [4.69, 9.17) is 4.98 Å². The van der Waals surface area contributed by atoms with Gasteiger partial charge in [0.1, 0.15) is 5.82 Å². The van der Waals surface area contributed by atoms with E-state index in [1.165, 1.54) is 19.3 Å². The SMILES string of the molecule is CCC1CCN(c2nc3ccccc3cc2C=O)CC1. The second-order valence-corrected chi connectivity index (χ2v) is 5.55. The molecular weight excluding hydrogens is 248 g/mol. The first-order valence-corrected chi connectivity index (χ1v) is 7.41. The minimum absolute atomic E-state index is 0.707. The molecule has 0 aliphatic carbocycles. The molecule has 2 aromatic rings. The quantitative estimate of drug-likeness (QED) is 0.796. The Balaban J connectivity index is 1.96. The topological polar surface area (TPSA) is 33.2 Å². The van der Waals surface area contributed by atoms with E-state index in [-0.39, 0.29) is 0 Å². The third kappa shape index (κ3) is 2.40. The van der Waals surface area contributed by atoms with E-state index in [1.807, 2.05) is 30.3 Å². The molecule has 0 radical (unpaired) electrons. The Labute approximate surface area is 119 Å². The second-order valence-electron chi connectivity index (χ2n) is 5.55. The summed E-state index contributed by atoms with van der Waals surface area (Å²) in [5.41, 5.74) is 1.67. The van der Waals surface area contributed by atoms with Crippen LogP contribution < -0.4 is 4.90 Å². The number of pyridine rings is 1. The Bertz CT molecular complexity index is 615. The number of para-hydroxylation sites is 1. The predicted molar refractivity (Wildman–Crippen MR) is 82.4 cm³/mol. The Hall–Kier alpha value is -1.90. The van der Waals surface area contributed by atoms with Gasteiger partial charge in [-0.2, -0.15) is 0 Å². The maximum atomic E-state index is 11.4. The first kappa shape index (κ1) is 13.1. The van der Waals surface area contributed by atoms with Crippen molar-refractivity contribution in [3.63, 3.8) is 0 Å². The molecule has 1 saturated heterocycles. The van der Waals surface area contributed by atoms with Gasteiger partial charge in [-0.3, -0.25) is 4.79 Å². The smallest absolute Gasteiger partial charge is 0.153 e. The van der Waals surface area contributed by atoms with Gasteiger partial charge in [-0.1, -0.05) is 31.5 Å². The lowest BCUT2D eigenvalue weighted by atomic mass is 9.94. The van der Waals surface area contributed by atoms with Crippen molar-refractivity contribution in [3.05, 3.63) is 35.9 Å². The summed E-state index contributed by atoms with van der Waals surface area (Å²) in [4.78, 5) is 18.3. The van der Waals surface area contributed by atoms with Crippen LogP contribution in [0.5, 0.6) is 0 Å². The molecule has 3 nitrogen and oxygen atoms in total. The van der Waals surface area contributed by atoms with Gasteiger partial charge in [-0.15, -0.1) is 0 Å². The van der Waals surface area contributed by atoms with Gasteiger partial charge in [0.05, 0.1) is 11.1 Å². The Morgan fingerprint density at radius 3 is 2.75 bits per heavy atom. The molecule has 0 saturated carbocycles. The molecule has 104 valence electrons. The number of carbonyl (C=O) groups is 1. The number of aromatic nitrogens is 1. The van der Waals surface area contributed by atoms with Gasteiger partial charge in [-0.25, -0.2) is 4.98 Å². The summed E-state index contributed by atoms with van der Waals surface area (Å²) in [6.45, 7) is 4.26. The zero-order valence-corrected chi connectivity index (χ0v) is 11.9. The highest BCUT2D eigenvalue weighted by molar-refractivity contribution is 5.91. The monoisotopic (exact) mass is 268 g/mol. The van der Waals surface area contributed by atoms with Crippen LogP contribution in [0.25, 0.3) is 10.9 Å². The number of piperidine rings is 1. The number of benzene rings is 1. The van der Waals surface area contributed by atoms with Crippen LogP contribution in [-0.4, -0.2) is 24.4 Å². The molecule has 2 heterocycles. The molecule has 0 amide bonds. The lowest BCUT2D eigenvalue weighted by molar-refractivity contribution is 0.112. The molecule has 3 rings (SSSR count). The van der Waals surface area contributed by atoms with Crippen molar-refractivity contribution >= 4 is 23.0 Å². The summed E-state index contributed by atoms with van der Waals surface area (Å²) in [5, 5.41) is 1.03. The van der Waals surface area contributed by atoms with Gasteiger partial charge in [0.25, 0.3) is 0 Å². The number of aldehydes is 1. The zero-order valence-electron chi connectivity index (χ0n) is 11.9. The van der Waals surface area contributed by atoms with Crippen LogP contribution in [0.4, 0.5) is 5.82 Å². The summed E-state index contributed by atoms with van der Waals surface area (Å²) in [6.07, 6.45) is 4.58. The lowest BCUT2D eigenvalue weighted by Crippen LogP contribution is -2.34. The van der Waals surface area contributed by atoms with Crippen molar-refractivity contribution in [1.82, 2.24) is 4.98 Å². The molecular formula is C17H20N2O. The van der Waals surface area contributed by atoms with Crippen molar-refractivity contribution < 1.29 is 4.79 Å². The highest BCUT2D eigenvalue weighted by atomic mass is 16.1. The maximum absolute atomic E-state index is 11.4. The average molecular weight is 268 g/mol. The van der Waals surface area contributed by atoms with E-state index in [9.17, 15) is 4.79 Å². The molecule has 20 heavy (non-hydrogen) atoms. The summed E-state index contributed by atoms with van der Waals surface area (Å²) in [5.74, 6) is 1.68. The minimum atomic E-state index is 0.707. The third-order valence-electron chi connectivity index (χ3n) is 4.35. The summed E-state index contributed by atoms with van der Waals surface area (Å²) in [7, 11) is 0. The fourth-order valence-electron chi connectivity index (χ4n) is 3.02. The van der Waals surface area contributed by atoms with Gasteiger partial charge >= 0.3 is 0 Å². The van der Waals surface area contributed by atoms with Crippen molar-refractivity contribution in [3.8, 4) is 0 Å². The number of fused-ring (bicyclic) bond motifs is 1. The van der Waals surface area contributed by atoms with E-state index >= 15 is 0 Å². The van der Waals surface area contributed by atoms with Crippen LogP contribution in [0.1, 0.15) is 36.5 Å². The van der Waals surface area contributed by atoms with Crippen LogP contribution in [0.2, 0.25) is 0 Å². The van der Waals surface area contributed by atoms with Crippen LogP contribution in [-0.2, 0) is 0 Å². The summed E-state index contributed by atoms with van der Waals surface area (Å²) in [6, 6.07) is 9.93. The van der Waals surface area contributed by atoms with Crippen molar-refractivity contribution in [1.29, 1.82) is 0 Å². The van der Waals surface area contributed by atoms with Crippen molar-refractivity contribution in [2.24, 2.45) is 5.92 Å². The van der Waals surface area contributed by atoms with Gasteiger partial charge < -0.3 is 4.90 Å². The van der Waals surface area contributed by atoms with Crippen molar-refractivity contribution in [2.45, 2.75) is 26.2 Å². The fourth-order valence-corrected chi connectivity index (χ4v) is 3.02. The summed E-state index contributed by atoms with van der Waals surface area (Å²) >= 11 is 0. The fraction of sp³-hybridized carbons (Fsp3) is 0.412. The zero-order chi connectivity index (χ0) is 13.9. The second kappa shape index (κ2) is 5.61. The molecule has 0 bridgehead atoms. The van der Waals surface area contributed by atoms with E-state index in [2.05, 4.69) is 11.8 Å². The van der Waals surface area contributed by atoms with Crippen molar-refractivity contribution in [2.75, 3.05) is 18.0 Å². The van der Waals surface area contributed by atoms with Crippen LogP contribution >= 0.6 is 0 Å². The molecule has 1 aromatic heterocycles. The van der Waals surface area contributed by atoms with Gasteiger partial charge in [0.15, 0.2) is 6.29 Å². The van der Waals surface area contributed by atoms with E-state index in [1.54, 1.807) is 0 Å². The standard InChI is InChI=1S/C17H20N2O/c1-2-13-7-9-19(10-8-13)17-15(12-20)11-14-5-3-4-6-16(14)18-17/h3-6,11-13H,2,7-10H2,1H3. The number of nitrogens with zero attached hydrogens (tertiary/aromatic N) is 2. The average Bonchev–Trinajstić information content (AvgIpc) is 2.53. The van der Waals surface area contributed by atoms with Crippen LogP contribution in [0.15, 0.2) is 30.3 Å². The highest BCUT2D eigenvalue weighted by Gasteiger charge is 2.21. The number of carbonyl (C=O) groups excluding carboxylic acids is 1.